The molecular formula is C30H42O7. The number of Topliss-reactive ketones (excluding diaryl/α,β-unsaturated/α-hetero) is 5. The van der Waals surface area contributed by atoms with Crippen molar-refractivity contribution in [3.63, 3.8) is 0 Å². The van der Waals surface area contributed by atoms with E-state index in [0.29, 0.717) is 12.8 Å². The second-order valence-electron chi connectivity index (χ2n) is 14.0. The van der Waals surface area contributed by atoms with Crippen molar-refractivity contribution in [2.24, 2.45) is 57.2 Å². The lowest BCUT2D eigenvalue weighted by atomic mass is 9.37. The Morgan fingerprint density at radius 1 is 0.892 bits per heavy atom. The Morgan fingerprint density at radius 3 is 2.11 bits per heavy atom. The minimum absolute atomic E-state index is 0.00778. The fraction of sp³-hybridized carbons (Fsp3) is 0.800. The quantitative estimate of drug-likeness (QED) is 0.554. The molecule has 4 aliphatic carbocycles. The number of ketones is 5. The van der Waals surface area contributed by atoms with Gasteiger partial charge in [-0.15, -0.1) is 0 Å². The van der Waals surface area contributed by atoms with Crippen molar-refractivity contribution in [2.45, 2.75) is 93.4 Å². The predicted molar refractivity (Wildman–Crippen MR) is 135 cm³/mol. The molecule has 0 spiro atoms. The highest BCUT2D eigenvalue weighted by Crippen LogP contribution is 2.71. The first-order valence-corrected chi connectivity index (χ1v) is 13.8. The zero-order valence-corrected chi connectivity index (χ0v) is 23.3. The molecule has 0 aromatic carbocycles. The van der Waals surface area contributed by atoms with Gasteiger partial charge in [-0.2, -0.15) is 0 Å². The Balaban J connectivity index is 1.69. The van der Waals surface area contributed by atoms with Gasteiger partial charge in [0.25, 0.3) is 0 Å². The van der Waals surface area contributed by atoms with Crippen LogP contribution in [-0.2, 0) is 28.8 Å². The van der Waals surface area contributed by atoms with Crippen LogP contribution in [-0.4, -0.2) is 40.0 Å². The Labute approximate surface area is 219 Å². The molecule has 0 heterocycles. The molecule has 7 nitrogen and oxygen atoms in total. The summed E-state index contributed by atoms with van der Waals surface area (Å²) < 4.78 is 0. The molecule has 9 atom stereocenters. The lowest BCUT2D eigenvalue weighted by Crippen LogP contribution is -2.67. The van der Waals surface area contributed by atoms with Crippen LogP contribution in [0.1, 0.15) is 93.4 Å². The number of rotatable bonds is 6. The van der Waals surface area contributed by atoms with E-state index in [1.165, 1.54) is 6.92 Å². The molecule has 1 N–H and O–H groups in total. The van der Waals surface area contributed by atoms with E-state index in [0.717, 1.165) is 0 Å². The standard InChI is InChI=1S/C30H42O7/c1-15(10-17(31)11-16(2)26(36)37)18-12-23(35)30(7)25-19(32)13-21-27(3,4)22(34)8-9-28(21,5)24(25)20(33)14-29(18,30)6/h15-16,18,21,24-25H,8-14H2,1-7H3,(H,36,37)/t15-,16?,18-,21+,24+,25-,28+,29-,30+/m1/s1. The highest BCUT2D eigenvalue weighted by atomic mass is 16.4. The largest absolute Gasteiger partial charge is 0.481 e. The van der Waals surface area contributed by atoms with Crippen LogP contribution in [0.15, 0.2) is 0 Å². The first-order chi connectivity index (χ1) is 16.9. The molecule has 37 heavy (non-hydrogen) atoms. The first-order valence-electron chi connectivity index (χ1n) is 13.8. The van der Waals surface area contributed by atoms with Crippen molar-refractivity contribution in [1.82, 2.24) is 0 Å². The number of carboxylic acids is 1. The average Bonchev–Trinajstić information content (AvgIpc) is 2.99. The van der Waals surface area contributed by atoms with Crippen molar-refractivity contribution in [1.29, 1.82) is 0 Å². The van der Waals surface area contributed by atoms with Gasteiger partial charge in [0.05, 0.1) is 5.92 Å². The van der Waals surface area contributed by atoms with Crippen molar-refractivity contribution in [3.05, 3.63) is 0 Å². The zero-order chi connectivity index (χ0) is 27.9. The Bertz CT molecular complexity index is 1090. The molecular weight excluding hydrogens is 472 g/mol. The fourth-order valence-electron chi connectivity index (χ4n) is 9.36. The summed E-state index contributed by atoms with van der Waals surface area (Å²) in [6.07, 6.45) is 1.60. The van der Waals surface area contributed by atoms with Crippen molar-refractivity contribution >= 4 is 34.9 Å². The maximum absolute atomic E-state index is 14.1. The minimum atomic E-state index is -1.02. The number of aliphatic carboxylic acids is 1. The van der Waals surface area contributed by atoms with Gasteiger partial charge in [-0.05, 0) is 35.0 Å². The normalized spacial score (nSPS) is 42.5. The average molecular weight is 515 g/mol. The summed E-state index contributed by atoms with van der Waals surface area (Å²) in [5.74, 6) is -3.90. The van der Waals surface area contributed by atoms with Crippen molar-refractivity contribution in [2.75, 3.05) is 0 Å². The Morgan fingerprint density at radius 2 is 1.51 bits per heavy atom. The predicted octanol–water partition coefficient (Wildman–Crippen LogP) is 4.48. The van der Waals surface area contributed by atoms with Crippen LogP contribution in [0.25, 0.3) is 0 Å². The van der Waals surface area contributed by atoms with E-state index in [-0.39, 0.29) is 78.8 Å². The van der Waals surface area contributed by atoms with Crippen LogP contribution < -0.4 is 0 Å². The molecule has 4 rings (SSSR count). The molecule has 4 saturated carbocycles. The van der Waals surface area contributed by atoms with E-state index in [4.69, 9.17) is 5.11 Å². The van der Waals surface area contributed by atoms with Gasteiger partial charge in [0.2, 0.25) is 0 Å². The van der Waals surface area contributed by atoms with Crippen LogP contribution >= 0.6 is 0 Å². The second kappa shape index (κ2) is 8.67. The third kappa shape index (κ3) is 3.73. The summed E-state index contributed by atoms with van der Waals surface area (Å²) in [4.78, 5) is 78.5. The lowest BCUT2D eigenvalue weighted by Gasteiger charge is -2.64. The maximum atomic E-state index is 14.1. The highest BCUT2D eigenvalue weighted by molar-refractivity contribution is 6.03. The smallest absolute Gasteiger partial charge is 0.306 e. The van der Waals surface area contributed by atoms with Gasteiger partial charge in [0.15, 0.2) is 0 Å². The third-order valence-electron chi connectivity index (χ3n) is 11.8. The van der Waals surface area contributed by atoms with E-state index in [9.17, 15) is 28.8 Å². The summed E-state index contributed by atoms with van der Waals surface area (Å²) in [7, 11) is 0. The van der Waals surface area contributed by atoms with E-state index >= 15 is 0 Å². The van der Waals surface area contributed by atoms with Gasteiger partial charge in [-0.1, -0.05) is 48.5 Å². The van der Waals surface area contributed by atoms with Gasteiger partial charge in [-0.3, -0.25) is 28.8 Å². The van der Waals surface area contributed by atoms with Crippen molar-refractivity contribution in [3.8, 4) is 0 Å². The monoisotopic (exact) mass is 514 g/mol. The Kier molecular flexibility index (Phi) is 6.52. The summed E-state index contributed by atoms with van der Waals surface area (Å²) in [6.45, 7) is 13.1. The first kappa shape index (κ1) is 27.8. The molecule has 0 aliphatic heterocycles. The summed E-state index contributed by atoms with van der Waals surface area (Å²) in [6, 6.07) is 0. The molecule has 1 unspecified atom stereocenters. The van der Waals surface area contributed by atoms with Crippen LogP contribution in [0, 0.1) is 57.2 Å². The molecule has 204 valence electrons. The number of fused-ring (bicyclic) bond motifs is 5. The van der Waals surface area contributed by atoms with Crippen LogP contribution in [0.3, 0.4) is 0 Å². The number of carboxylic acid groups (broad SMARTS) is 1. The molecule has 0 aromatic rings. The molecule has 4 fully saturated rings. The number of hydrogen-bond donors (Lipinski definition) is 1. The molecule has 0 aromatic heterocycles. The SMILES string of the molecule is CC(CC(=O)C[C@@H](C)[C@H]1CC(=O)[C@@]2(C)[C@@H]3C(=O)C[C@H]4C(C)(C)C(=O)CC[C@]4(C)[C@H]3C(=O)C[C@]12C)C(=O)O. The minimum Gasteiger partial charge on any atom is -0.481 e. The fourth-order valence-corrected chi connectivity index (χ4v) is 9.36. The summed E-state index contributed by atoms with van der Waals surface area (Å²) in [5, 5.41) is 9.17. The van der Waals surface area contributed by atoms with Gasteiger partial charge in [0, 0.05) is 61.2 Å². The Hall–Kier alpha value is -2.18. The third-order valence-corrected chi connectivity index (χ3v) is 11.8. The number of hydrogen-bond acceptors (Lipinski definition) is 6. The van der Waals surface area contributed by atoms with Gasteiger partial charge < -0.3 is 5.11 Å². The molecule has 0 saturated heterocycles. The molecule has 4 aliphatic rings. The van der Waals surface area contributed by atoms with Crippen molar-refractivity contribution < 1.29 is 33.9 Å². The van der Waals surface area contributed by atoms with E-state index in [1.807, 2.05) is 34.6 Å². The van der Waals surface area contributed by atoms with Crippen LogP contribution in [0.5, 0.6) is 0 Å². The summed E-state index contributed by atoms with van der Waals surface area (Å²) >= 11 is 0. The second-order valence-corrected chi connectivity index (χ2v) is 14.0. The van der Waals surface area contributed by atoms with Gasteiger partial charge in [0.1, 0.15) is 28.9 Å². The van der Waals surface area contributed by atoms with Gasteiger partial charge >= 0.3 is 5.97 Å². The topological polar surface area (TPSA) is 123 Å². The van der Waals surface area contributed by atoms with Crippen LogP contribution in [0.4, 0.5) is 0 Å². The number of carbonyl (C=O) groups excluding carboxylic acids is 5. The maximum Gasteiger partial charge on any atom is 0.306 e. The van der Waals surface area contributed by atoms with Crippen LogP contribution in [0.2, 0.25) is 0 Å². The highest BCUT2D eigenvalue weighted by Gasteiger charge is 2.74. The molecule has 7 heteroatoms. The van der Waals surface area contributed by atoms with E-state index < -0.39 is 45.4 Å². The van der Waals surface area contributed by atoms with Gasteiger partial charge in [-0.25, -0.2) is 0 Å². The zero-order valence-electron chi connectivity index (χ0n) is 23.3. The lowest BCUT2D eigenvalue weighted by molar-refractivity contribution is -0.191. The molecule has 0 bridgehead atoms. The number of carbonyl (C=O) groups is 6. The molecule has 0 amide bonds. The van der Waals surface area contributed by atoms with E-state index in [2.05, 4.69) is 6.92 Å². The molecule has 0 radical (unpaired) electrons. The summed E-state index contributed by atoms with van der Waals surface area (Å²) in [5.41, 5.74) is -3.00. The van der Waals surface area contributed by atoms with E-state index in [1.54, 1.807) is 0 Å².